The molecule has 1 aromatic heterocycles. The van der Waals surface area contributed by atoms with Gasteiger partial charge in [0.1, 0.15) is 0 Å². The lowest BCUT2D eigenvalue weighted by Crippen LogP contribution is -2.39. The SMILES string of the molecule is NCCN1CCC(CNCCc2ccc[nH]2)CC1. The van der Waals surface area contributed by atoms with Crippen molar-refractivity contribution in [1.82, 2.24) is 15.2 Å². The van der Waals surface area contributed by atoms with Crippen LogP contribution < -0.4 is 11.1 Å². The van der Waals surface area contributed by atoms with Gasteiger partial charge in [-0.15, -0.1) is 0 Å². The first-order valence-corrected chi connectivity index (χ1v) is 7.14. The number of hydrogen-bond donors (Lipinski definition) is 3. The molecule has 1 saturated heterocycles. The summed E-state index contributed by atoms with van der Waals surface area (Å²) in [5.41, 5.74) is 6.90. The van der Waals surface area contributed by atoms with Gasteiger partial charge in [0.15, 0.2) is 0 Å². The van der Waals surface area contributed by atoms with Crippen LogP contribution in [0, 0.1) is 5.92 Å². The highest BCUT2D eigenvalue weighted by Crippen LogP contribution is 2.15. The van der Waals surface area contributed by atoms with Crippen LogP contribution >= 0.6 is 0 Å². The summed E-state index contributed by atoms with van der Waals surface area (Å²) in [6.07, 6.45) is 5.71. The summed E-state index contributed by atoms with van der Waals surface area (Å²) in [4.78, 5) is 5.72. The first-order chi connectivity index (χ1) is 8.88. The van der Waals surface area contributed by atoms with E-state index in [4.69, 9.17) is 5.73 Å². The smallest absolute Gasteiger partial charge is 0.0159 e. The average Bonchev–Trinajstić information content (AvgIpc) is 2.90. The number of nitrogens with two attached hydrogens (primary N) is 1. The van der Waals surface area contributed by atoms with Crippen LogP contribution in [0.25, 0.3) is 0 Å². The van der Waals surface area contributed by atoms with Gasteiger partial charge in [0, 0.05) is 31.5 Å². The highest BCUT2D eigenvalue weighted by Gasteiger charge is 2.17. The molecule has 4 heteroatoms. The van der Waals surface area contributed by atoms with Gasteiger partial charge in [0.2, 0.25) is 0 Å². The minimum absolute atomic E-state index is 0.791. The van der Waals surface area contributed by atoms with Crippen molar-refractivity contribution in [3.8, 4) is 0 Å². The molecule has 0 amide bonds. The molecular weight excluding hydrogens is 224 g/mol. The first kappa shape index (κ1) is 13.6. The van der Waals surface area contributed by atoms with Gasteiger partial charge >= 0.3 is 0 Å². The van der Waals surface area contributed by atoms with Gasteiger partial charge in [-0.05, 0) is 56.9 Å². The maximum atomic E-state index is 5.58. The van der Waals surface area contributed by atoms with Crippen LogP contribution in [0.1, 0.15) is 18.5 Å². The van der Waals surface area contributed by atoms with E-state index in [-0.39, 0.29) is 0 Å². The molecule has 4 N–H and O–H groups in total. The summed E-state index contributed by atoms with van der Waals surface area (Å²) in [6.45, 7) is 6.53. The number of nitrogens with one attached hydrogen (secondary N) is 2. The van der Waals surface area contributed by atoms with Gasteiger partial charge in [0.05, 0.1) is 0 Å². The third-order valence-corrected chi connectivity index (χ3v) is 3.82. The van der Waals surface area contributed by atoms with Crippen LogP contribution in [0.4, 0.5) is 0 Å². The van der Waals surface area contributed by atoms with Gasteiger partial charge < -0.3 is 20.9 Å². The van der Waals surface area contributed by atoms with E-state index < -0.39 is 0 Å². The number of aromatic nitrogens is 1. The molecule has 0 aromatic carbocycles. The molecule has 0 radical (unpaired) electrons. The van der Waals surface area contributed by atoms with E-state index in [1.54, 1.807) is 0 Å². The van der Waals surface area contributed by atoms with E-state index in [0.717, 1.165) is 38.5 Å². The van der Waals surface area contributed by atoms with Crippen molar-refractivity contribution >= 4 is 0 Å². The van der Waals surface area contributed by atoms with Crippen LogP contribution in [-0.2, 0) is 6.42 Å². The number of nitrogens with zero attached hydrogens (tertiary/aromatic N) is 1. The monoisotopic (exact) mass is 250 g/mol. The number of piperidine rings is 1. The van der Waals surface area contributed by atoms with Crippen LogP contribution in [0.15, 0.2) is 18.3 Å². The second-order valence-electron chi connectivity index (χ2n) is 5.22. The van der Waals surface area contributed by atoms with E-state index in [1.807, 2.05) is 6.20 Å². The highest BCUT2D eigenvalue weighted by molar-refractivity contribution is 5.03. The van der Waals surface area contributed by atoms with Crippen molar-refractivity contribution in [3.63, 3.8) is 0 Å². The lowest BCUT2D eigenvalue weighted by atomic mass is 9.97. The number of rotatable bonds is 7. The highest BCUT2D eigenvalue weighted by atomic mass is 15.1. The number of H-pyrrole nitrogens is 1. The summed E-state index contributed by atoms with van der Waals surface area (Å²) in [7, 11) is 0. The Morgan fingerprint density at radius 1 is 1.39 bits per heavy atom. The van der Waals surface area contributed by atoms with Crippen molar-refractivity contribution in [1.29, 1.82) is 0 Å². The van der Waals surface area contributed by atoms with Crippen LogP contribution in [0.2, 0.25) is 0 Å². The Hall–Kier alpha value is -0.840. The van der Waals surface area contributed by atoms with E-state index >= 15 is 0 Å². The molecule has 1 aromatic rings. The van der Waals surface area contributed by atoms with Crippen molar-refractivity contribution in [2.45, 2.75) is 19.3 Å². The number of likely N-dealkylation sites (tertiary alicyclic amines) is 1. The van der Waals surface area contributed by atoms with Crippen molar-refractivity contribution in [2.75, 3.05) is 39.3 Å². The minimum Gasteiger partial charge on any atom is -0.365 e. The maximum Gasteiger partial charge on any atom is 0.0159 e. The lowest BCUT2D eigenvalue weighted by molar-refractivity contribution is 0.187. The topological polar surface area (TPSA) is 57.1 Å². The molecule has 0 unspecified atom stereocenters. The molecule has 0 bridgehead atoms. The molecule has 18 heavy (non-hydrogen) atoms. The fourth-order valence-electron chi connectivity index (χ4n) is 2.65. The summed E-state index contributed by atoms with van der Waals surface area (Å²) >= 11 is 0. The Labute approximate surface area is 110 Å². The third kappa shape index (κ3) is 4.44. The standard InChI is InChI=1S/C14H26N4/c15-6-11-18-9-4-13(5-10-18)12-16-8-3-14-2-1-7-17-14/h1-2,7,13,16-17H,3-6,8-12,15H2. The molecule has 0 spiro atoms. The van der Waals surface area contributed by atoms with Crippen LogP contribution in [-0.4, -0.2) is 49.2 Å². The van der Waals surface area contributed by atoms with Crippen molar-refractivity contribution < 1.29 is 0 Å². The van der Waals surface area contributed by atoms with Gasteiger partial charge in [-0.2, -0.15) is 0 Å². The Balaban J connectivity index is 1.53. The Kier molecular flexibility index (Phi) is 5.71. The first-order valence-electron chi connectivity index (χ1n) is 7.14. The summed E-state index contributed by atoms with van der Waals surface area (Å²) < 4.78 is 0. The van der Waals surface area contributed by atoms with E-state index in [1.165, 1.54) is 31.6 Å². The zero-order valence-corrected chi connectivity index (χ0v) is 11.2. The van der Waals surface area contributed by atoms with Crippen molar-refractivity contribution in [3.05, 3.63) is 24.0 Å². The quantitative estimate of drug-likeness (QED) is 0.628. The zero-order valence-electron chi connectivity index (χ0n) is 11.2. The molecule has 2 heterocycles. The molecule has 4 nitrogen and oxygen atoms in total. The summed E-state index contributed by atoms with van der Waals surface area (Å²) in [5, 5.41) is 3.58. The van der Waals surface area contributed by atoms with E-state index in [9.17, 15) is 0 Å². The molecule has 1 aliphatic heterocycles. The largest absolute Gasteiger partial charge is 0.365 e. The van der Waals surface area contributed by atoms with Gasteiger partial charge in [-0.25, -0.2) is 0 Å². The van der Waals surface area contributed by atoms with Gasteiger partial charge in [0.25, 0.3) is 0 Å². The number of hydrogen-bond acceptors (Lipinski definition) is 3. The molecule has 0 aliphatic carbocycles. The zero-order chi connectivity index (χ0) is 12.6. The third-order valence-electron chi connectivity index (χ3n) is 3.82. The fraction of sp³-hybridized carbons (Fsp3) is 0.714. The van der Waals surface area contributed by atoms with Crippen LogP contribution in [0.5, 0.6) is 0 Å². The predicted octanol–water partition coefficient (Wildman–Crippen LogP) is 0.817. The van der Waals surface area contributed by atoms with Gasteiger partial charge in [-0.1, -0.05) is 0 Å². The maximum absolute atomic E-state index is 5.58. The fourth-order valence-corrected chi connectivity index (χ4v) is 2.65. The second-order valence-corrected chi connectivity index (χ2v) is 5.22. The average molecular weight is 250 g/mol. The Morgan fingerprint density at radius 2 is 2.22 bits per heavy atom. The molecule has 0 atom stereocenters. The van der Waals surface area contributed by atoms with Crippen molar-refractivity contribution in [2.24, 2.45) is 11.7 Å². The molecule has 102 valence electrons. The molecule has 1 aliphatic rings. The van der Waals surface area contributed by atoms with E-state index in [2.05, 4.69) is 27.3 Å². The normalized spacial score (nSPS) is 18.3. The molecule has 2 rings (SSSR count). The molecule has 1 fully saturated rings. The van der Waals surface area contributed by atoms with Gasteiger partial charge in [-0.3, -0.25) is 0 Å². The minimum atomic E-state index is 0.791. The molecular formula is C14H26N4. The number of aromatic amines is 1. The second kappa shape index (κ2) is 7.56. The van der Waals surface area contributed by atoms with E-state index in [0.29, 0.717) is 0 Å². The predicted molar refractivity (Wildman–Crippen MR) is 75.6 cm³/mol. The summed E-state index contributed by atoms with van der Waals surface area (Å²) in [6, 6.07) is 4.20. The Morgan fingerprint density at radius 3 is 2.89 bits per heavy atom. The van der Waals surface area contributed by atoms with Crippen LogP contribution in [0.3, 0.4) is 0 Å². The Bertz CT molecular complexity index is 302. The molecule has 0 saturated carbocycles. The lowest BCUT2D eigenvalue weighted by Gasteiger charge is -2.31. The summed E-state index contributed by atoms with van der Waals surface area (Å²) in [5.74, 6) is 0.850.